The highest BCUT2D eigenvalue weighted by Gasteiger charge is 2.36. The lowest BCUT2D eigenvalue weighted by Crippen LogP contribution is -2.30. The van der Waals surface area contributed by atoms with Crippen LogP contribution in [0.4, 0.5) is 0 Å². The van der Waals surface area contributed by atoms with Crippen LogP contribution in [0.3, 0.4) is 0 Å². The molecule has 0 saturated heterocycles. The van der Waals surface area contributed by atoms with Gasteiger partial charge < -0.3 is 0 Å². The predicted molar refractivity (Wildman–Crippen MR) is 48.2 cm³/mol. The van der Waals surface area contributed by atoms with Gasteiger partial charge >= 0.3 is 0 Å². The minimum atomic E-state index is -3.89. The molecule has 1 aliphatic rings. The van der Waals surface area contributed by atoms with Gasteiger partial charge in [0.2, 0.25) is 0 Å². The Kier molecular flexibility index (Phi) is 2.93. The molecule has 0 heterocycles. The SMILES string of the molecule is O=S(=O)(O)C1CCC(Cl)(Cl)CC1. The predicted octanol–water partition coefficient (Wildman–Crippen LogP) is 1.99. The van der Waals surface area contributed by atoms with E-state index in [2.05, 4.69) is 0 Å². The summed E-state index contributed by atoms with van der Waals surface area (Å²) in [5.41, 5.74) is 0. The average Bonchev–Trinajstić information content (AvgIpc) is 1.83. The highest BCUT2D eigenvalue weighted by Crippen LogP contribution is 2.39. The van der Waals surface area contributed by atoms with Crippen molar-refractivity contribution in [3.05, 3.63) is 0 Å². The van der Waals surface area contributed by atoms with E-state index in [9.17, 15) is 8.42 Å². The van der Waals surface area contributed by atoms with Crippen LogP contribution in [0.1, 0.15) is 25.7 Å². The lowest BCUT2D eigenvalue weighted by molar-refractivity contribution is 0.417. The first-order chi connectivity index (χ1) is 5.31. The minimum Gasteiger partial charge on any atom is -0.285 e. The quantitative estimate of drug-likeness (QED) is 0.556. The molecule has 0 radical (unpaired) electrons. The van der Waals surface area contributed by atoms with Gasteiger partial charge in [-0.15, -0.1) is 23.2 Å². The Labute approximate surface area is 81.8 Å². The summed E-state index contributed by atoms with van der Waals surface area (Å²) in [6.45, 7) is 0. The normalized spacial score (nSPS) is 25.6. The van der Waals surface area contributed by atoms with E-state index in [0.717, 1.165) is 0 Å². The first kappa shape index (κ1) is 10.6. The Morgan fingerprint density at radius 2 is 1.67 bits per heavy atom. The third-order valence-corrected chi connectivity index (χ3v) is 4.16. The molecule has 1 saturated carbocycles. The molecule has 0 aromatic rings. The van der Waals surface area contributed by atoms with Crippen molar-refractivity contribution in [2.75, 3.05) is 0 Å². The van der Waals surface area contributed by atoms with Gasteiger partial charge in [0.1, 0.15) is 4.33 Å². The molecule has 0 spiro atoms. The maximum absolute atomic E-state index is 10.7. The number of halogens is 2. The fraction of sp³-hybridized carbons (Fsp3) is 1.00. The fourth-order valence-electron chi connectivity index (χ4n) is 1.31. The van der Waals surface area contributed by atoms with Crippen LogP contribution in [-0.4, -0.2) is 22.6 Å². The first-order valence-electron chi connectivity index (χ1n) is 3.65. The Morgan fingerprint density at radius 1 is 1.25 bits per heavy atom. The molecule has 1 rings (SSSR count). The molecule has 6 heteroatoms. The Bertz CT molecular complexity index is 250. The molecule has 0 aromatic heterocycles. The van der Waals surface area contributed by atoms with Gasteiger partial charge in [-0.3, -0.25) is 4.55 Å². The van der Waals surface area contributed by atoms with E-state index in [1.807, 2.05) is 0 Å². The van der Waals surface area contributed by atoms with Crippen LogP contribution in [0.2, 0.25) is 0 Å². The highest BCUT2D eigenvalue weighted by atomic mass is 35.5. The third-order valence-electron chi connectivity index (χ3n) is 2.09. The van der Waals surface area contributed by atoms with Crippen LogP contribution in [0.15, 0.2) is 0 Å². The zero-order valence-corrected chi connectivity index (χ0v) is 8.66. The molecule has 1 aliphatic carbocycles. The summed E-state index contributed by atoms with van der Waals surface area (Å²) in [7, 11) is -3.89. The van der Waals surface area contributed by atoms with E-state index in [-0.39, 0.29) is 0 Å². The number of alkyl halides is 2. The van der Waals surface area contributed by atoms with E-state index >= 15 is 0 Å². The third kappa shape index (κ3) is 2.76. The summed E-state index contributed by atoms with van der Waals surface area (Å²) < 4.78 is 29.2. The summed E-state index contributed by atoms with van der Waals surface area (Å²) in [4.78, 5) is 0. The molecule has 0 bridgehead atoms. The Balaban J connectivity index is 2.59. The number of hydrogen-bond acceptors (Lipinski definition) is 2. The van der Waals surface area contributed by atoms with Gasteiger partial charge in [0.25, 0.3) is 10.1 Å². The van der Waals surface area contributed by atoms with Crippen LogP contribution in [-0.2, 0) is 10.1 Å². The van der Waals surface area contributed by atoms with Crippen LogP contribution in [0, 0.1) is 0 Å². The molecule has 1 N–H and O–H groups in total. The zero-order chi connectivity index (χ0) is 9.41. The van der Waals surface area contributed by atoms with E-state index in [4.69, 9.17) is 27.8 Å². The van der Waals surface area contributed by atoms with Gasteiger partial charge in [0.15, 0.2) is 0 Å². The summed E-state index contributed by atoms with van der Waals surface area (Å²) in [5.74, 6) is 0. The second kappa shape index (κ2) is 3.33. The molecular weight excluding hydrogens is 223 g/mol. The van der Waals surface area contributed by atoms with Gasteiger partial charge in [-0.25, -0.2) is 0 Å². The number of hydrogen-bond donors (Lipinski definition) is 1. The van der Waals surface area contributed by atoms with E-state index in [1.165, 1.54) is 0 Å². The molecule has 0 aliphatic heterocycles. The van der Waals surface area contributed by atoms with Crippen molar-refractivity contribution in [3.63, 3.8) is 0 Å². The molecule has 0 amide bonds. The van der Waals surface area contributed by atoms with Gasteiger partial charge in [0.05, 0.1) is 5.25 Å². The summed E-state index contributed by atoms with van der Waals surface area (Å²) in [5, 5.41) is -0.678. The first-order valence-corrected chi connectivity index (χ1v) is 5.91. The van der Waals surface area contributed by atoms with E-state index in [0.29, 0.717) is 25.7 Å². The van der Waals surface area contributed by atoms with Crippen molar-refractivity contribution >= 4 is 33.3 Å². The lowest BCUT2D eigenvalue weighted by Gasteiger charge is -2.28. The molecule has 12 heavy (non-hydrogen) atoms. The van der Waals surface area contributed by atoms with Crippen LogP contribution >= 0.6 is 23.2 Å². The standard InChI is InChI=1S/C6H10Cl2O3S/c7-6(8)3-1-5(2-4-6)12(9,10)11/h5H,1-4H2,(H,9,10,11). The highest BCUT2D eigenvalue weighted by molar-refractivity contribution is 7.86. The van der Waals surface area contributed by atoms with Gasteiger partial charge in [-0.05, 0) is 25.7 Å². The second-order valence-corrected chi connectivity index (χ2v) is 6.41. The zero-order valence-electron chi connectivity index (χ0n) is 6.33. The molecule has 72 valence electrons. The molecule has 0 aromatic carbocycles. The molecular formula is C6H10Cl2O3S. The maximum Gasteiger partial charge on any atom is 0.267 e. The average molecular weight is 233 g/mol. The second-order valence-electron chi connectivity index (χ2n) is 3.07. The number of rotatable bonds is 1. The van der Waals surface area contributed by atoms with Crippen molar-refractivity contribution in [1.29, 1.82) is 0 Å². The monoisotopic (exact) mass is 232 g/mol. The minimum absolute atomic E-state index is 0.339. The Morgan fingerprint density at radius 3 is 2.00 bits per heavy atom. The van der Waals surface area contributed by atoms with Crippen molar-refractivity contribution in [1.82, 2.24) is 0 Å². The van der Waals surface area contributed by atoms with Crippen LogP contribution in [0.5, 0.6) is 0 Å². The molecule has 1 fully saturated rings. The lowest BCUT2D eigenvalue weighted by atomic mass is 9.99. The largest absolute Gasteiger partial charge is 0.285 e. The van der Waals surface area contributed by atoms with Gasteiger partial charge in [-0.1, -0.05) is 0 Å². The van der Waals surface area contributed by atoms with Crippen molar-refractivity contribution in [3.8, 4) is 0 Å². The van der Waals surface area contributed by atoms with Crippen LogP contribution < -0.4 is 0 Å². The van der Waals surface area contributed by atoms with Crippen LogP contribution in [0.25, 0.3) is 0 Å². The molecule has 0 atom stereocenters. The smallest absolute Gasteiger partial charge is 0.267 e. The summed E-state index contributed by atoms with van der Waals surface area (Å²) in [6.07, 6.45) is 1.51. The van der Waals surface area contributed by atoms with Crippen molar-refractivity contribution in [2.45, 2.75) is 35.3 Å². The maximum atomic E-state index is 10.7. The van der Waals surface area contributed by atoms with E-state index in [1.54, 1.807) is 0 Å². The van der Waals surface area contributed by atoms with Crippen molar-refractivity contribution < 1.29 is 13.0 Å². The van der Waals surface area contributed by atoms with E-state index < -0.39 is 19.7 Å². The topological polar surface area (TPSA) is 54.4 Å². The summed E-state index contributed by atoms with van der Waals surface area (Å²) >= 11 is 11.6. The molecule has 3 nitrogen and oxygen atoms in total. The summed E-state index contributed by atoms with van der Waals surface area (Å²) in [6, 6.07) is 0. The van der Waals surface area contributed by atoms with Gasteiger partial charge in [0, 0.05) is 0 Å². The van der Waals surface area contributed by atoms with Crippen molar-refractivity contribution in [2.24, 2.45) is 0 Å². The Hall–Kier alpha value is 0.490. The van der Waals surface area contributed by atoms with Gasteiger partial charge in [-0.2, -0.15) is 8.42 Å². The molecule has 0 unspecified atom stereocenters. The fourth-order valence-corrected chi connectivity index (χ4v) is 2.58.